The van der Waals surface area contributed by atoms with Crippen LogP contribution in [-0.4, -0.2) is 22.4 Å². The SMILES string of the molecule is CCOc1ccccc1C(=O)CS(=O)c1cccc(Br)c1. The molecule has 0 N–H and O–H groups in total. The number of hydrogen-bond donors (Lipinski definition) is 0. The highest BCUT2D eigenvalue weighted by Crippen LogP contribution is 2.20. The number of ether oxygens (including phenoxy) is 1. The van der Waals surface area contributed by atoms with E-state index < -0.39 is 10.8 Å². The highest BCUT2D eigenvalue weighted by atomic mass is 79.9. The maximum Gasteiger partial charge on any atom is 0.179 e. The minimum atomic E-state index is -1.37. The van der Waals surface area contributed by atoms with Crippen LogP contribution in [-0.2, 0) is 10.8 Å². The van der Waals surface area contributed by atoms with E-state index in [1.807, 2.05) is 19.1 Å². The van der Waals surface area contributed by atoms with Crippen LogP contribution < -0.4 is 4.74 Å². The fourth-order valence-corrected chi connectivity index (χ4v) is 3.47. The van der Waals surface area contributed by atoms with Gasteiger partial charge in [0, 0.05) is 9.37 Å². The molecule has 0 spiro atoms. The van der Waals surface area contributed by atoms with Crippen molar-refractivity contribution in [3.8, 4) is 5.75 Å². The zero-order valence-electron chi connectivity index (χ0n) is 11.5. The van der Waals surface area contributed by atoms with Crippen LogP contribution in [0.25, 0.3) is 0 Å². The number of para-hydroxylation sites is 1. The van der Waals surface area contributed by atoms with E-state index in [-0.39, 0.29) is 11.5 Å². The highest BCUT2D eigenvalue weighted by molar-refractivity contribution is 9.10. The maximum atomic E-state index is 12.3. The van der Waals surface area contributed by atoms with E-state index in [2.05, 4.69) is 15.9 Å². The van der Waals surface area contributed by atoms with Crippen molar-refractivity contribution in [1.29, 1.82) is 0 Å². The van der Waals surface area contributed by atoms with Gasteiger partial charge in [-0.15, -0.1) is 0 Å². The summed E-state index contributed by atoms with van der Waals surface area (Å²) in [6.07, 6.45) is 0. The lowest BCUT2D eigenvalue weighted by atomic mass is 10.1. The Bertz CT molecular complexity index is 670. The normalized spacial score (nSPS) is 11.9. The summed E-state index contributed by atoms with van der Waals surface area (Å²) in [5, 5.41) is 0. The number of halogens is 1. The Hall–Kier alpha value is -1.46. The standard InChI is InChI=1S/C16H15BrO3S/c1-2-20-16-9-4-3-8-14(16)15(18)11-21(19)13-7-5-6-12(17)10-13/h3-10H,2,11H2,1H3. The van der Waals surface area contributed by atoms with E-state index in [1.165, 1.54) is 0 Å². The van der Waals surface area contributed by atoms with Gasteiger partial charge in [-0.3, -0.25) is 9.00 Å². The molecule has 0 heterocycles. The molecule has 0 aliphatic carbocycles. The first kappa shape index (κ1) is 15.9. The lowest BCUT2D eigenvalue weighted by Crippen LogP contribution is -2.12. The number of hydrogen-bond acceptors (Lipinski definition) is 3. The molecular formula is C16H15BrO3S. The summed E-state index contributed by atoms with van der Waals surface area (Å²) in [5.41, 5.74) is 0.475. The number of rotatable bonds is 6. The highest BCUT2D eigenvalue weighted by Gasteiger charge is 2.16. The summed E-state index contributed by atoms with van der Waals surface area (Å²) in [6.45, 7) is 2.35. The van der Waals surface area contributed by atoms with Crippen molar-refractivity contribution in [2.45, 2.75) is 11.8 Å². The molecule has 2 rings (SSSR count). The van der Waals surface area contributed by atoms with Gasteiger partial charge in [-0.1, -0.05) is 34.1 Å². The Labute approximate surface area is 134 Å². The third kappa shape index (κ3) is 4.25. The van der Waals surface area contributed by atoms with Gasteiger partial charge in [0.05, 0.1) is 28.7 Å². The van der Waals surface area contributed by atoms with Gasteiger partial charge in [-0.2, -0.15) is 0 Å². The first-order chi connectivity index (χ1) is 10.1. The number of benzene rings is 2. The smallest absolute Gasteiger partial charge is 0.179 e. The summed E-state index contributed by atoms with van der Waals surface area (Å²) in [6, 6.07) is 14.2. The number of carbonyl (C=O) groups excluding carboxylic acids is 1. The van der Waals surface area contributed by atoms with E-state index in [9.17, 15) is 9.00 Å². The van der Waals surface area contributed by atoms with E-state index in [0.29, 0.717) is 22.8 Å². The van der Waals surface area contributed by atoms with Crippen molar-refractivity contribution >= 4 is 32.5 Å². The Balaban J connectivity index is 2.16. The molecule has 0 saturated carbocycles. The van der Waals surface area contributed by atoms with Crippen molar-refractivity contribution in [1.82, 2.24) is 0 Å². The molecule has 0 radical (unpaired) electrons. The van der Waals surface area contributed by atoms with Gasteiger partial charge < -0.3 is 4.74 Å². The zero-order valence-corrected chi connectivity index (χ0v) is 13.9. The zero-order chi connectivity index (χ0) is 15.2. The third-order valence-electron chi connectivity index (χ3n) is 2.81. The number of carbonyl (C=O) groups is 1. The second kappa shape index (κ2) is 7.52. The van der Waals surface area contributed by atoms with Gasteiger partial charge in [0.1, 0.15) is 5.75 Å². The minimum absolute atomic E-state index is 0.0550. The number of ketones is 1. The predicted molar refractivity (Wildman–Crippen MR) is 87.4 cm³/mol. The molecule has 0 bridgehead atoms. The van der Waals surface area contributed by atoms with E-state index in [0.717, 1.165) is 4.47 Å². The first-order valence-corrected chi connectivity index (χ1v) is 8.62. The van der Waals surface area contributed by atoms with Gasteiger partial charge in [-0.05, 0) is 37.3 Å². The average molecular weight is 367 g/mol. The van der Waals surface area contributed by atoms with Crippen LogP contribution in [0, 0.1) is 0 Å². The Kier molecular flexibility index (Phi) is 5.70. The van der Waals surface area contributed by atoms with Crippen molar-refractivity contribution in [3.05, 3.63) is 58.6 Å². The van der Waals surface area contributed by atoms with Crippen LogP contribution in [0.3, 0.4) is 0 Å². The van der Waals surface area contributed by atoms with Crippen LogP contribution in [0.2, 0.25) is 0 Å². The van der Waals surface area contributed by atoms with Crippen molar-refractivity contribution in [2.24, 2.45) is 0 Å². The summed E-state index contributed by atoms with van der Waals surface area (Å²) < 4.78 is 18.6. The van der Waals surface area contributed by atoms with E-state index in [4.69, 9.17) is 4.74 Å². The second-order valence-corrected chi connectivity index (χ2v) is 6.67. The Morgan fingerprint density at radius 3 is 2.67 bits per heavy atom. The molecule has 1 atom stereocenters. The van der Waals surface area contributed by atoms with E-state index in [1.54, 1.807) is 36.4 Å². The number of Topliss-reactive ketones (excluding diaryl/α,β-unsaturated/α-hetero) is 1. The largest absolute Gasteiger partial charge is 0.493 e. The van der Waals surface area contributed by atoms with Gasteiger partial charge in [0.25, 0.3) is 0 Å². The average Bonchev–Trinajstić information content (AvgIpc) is 2.48. The molecule has 21 heavy (non-hydrogen) atoms. The molecule has 1 unspecified atom stereocenters. The molecule has 2 aromatic rings. The van der Waals surface area contributed by atoms with E-state index >= 15 is 0 Å². The molecular weight excluding hydrogens is 352 g/mol. The minimum Gasteiger partial charge on any atom is -0.493 e. The van der Waals surface area contributed by atoms with Crippen molar-refractivity contribution in [2.75, 3.05) is 12.4 Å². The van der Waals surface area contributed by atoms with Gasteiger partial charge in [0.15, 0.2) is 5.78 Å². The van der Waals surface area contributed by atoms with Crippen molar-refractivity contribution < 1.29 is 13.7 Å². The molecule has 3 nitrogen and oxygen atoms in total. The third-order valence-corrected chi connectivity index (χ3v) is 4.61. The second-order valence-electron chi connectivity index (χ2n) is 4.30. The predicted octanol–water partition coefficient (Wildman–Crippen LogP) is 3.84. The summed E-state index contributed by atoms with van der Waals surface area (Å²) in [7, 11) is -1.37. The van der Waals surface area contributed by atoms with Crippen molar-refractivity contribution in [3.63, 3.8) is 0 Å². The molecule has 110 valence electrons. The topological polar surface area (TPSA) is 43.4 Å². The van der Waals surface area contributed by atoms with Crippen LogP contribution in [0.4, 0.5) is 0 Å². The summed E-state index contributed by atoms with van der Waals surface area (Å²) in [4.78, 5) is 13.0. The van der Waals surface area contributed by atoms with Gasteiger partial charge >= 0.3 is 0 Å². The van der Waals surface area contributed by atoms with Crippen LogP contribution >= 0.6 is 15.9 Å². The quantitative estimate of drug-likeness (QED) is 0.729. The molecule has 0 aliphatic rings. The fraction of sp³-hybridized carbons (Fsp3) is 0.188. The lowest BCUT2D eigenvalue weighted by molar-refractivity contribution is 0.101. The maximum absolute atomic E-state index is 12.3. The first-order valence-electron chi connectivity index (χ1n) is 6.50. The van der Waals surface area contributed by atoms with Crippen LogP contribution in [0.1, 0.15) is 17.3 Å². The van der Waals surface area contributed by atoms with Crippen LogP contribution in [0.15, 0.2) is 57.9 Å². The molecule has 2 aromatic carbocycles. The monoisotopic (exact) mass is 366 g/mol. The summed E-state index contributed by atoms with van der Waals surface area (Å²) in [5.74, 6) is 0.300. The lowest BCUT2D eigenvalue weighted by Gasteiger charge is -2.09. The molecule has 0 saturated heterocycles. The fourth-order valence-electron chi connectivity index (χ4n) is 1.87. The molecule has 0 aliphatic heterocycles. The molecule has 0 aromatic heterocycles. The Morgan fingerprint density at radius 1 is 1.19 bits per heavy atom. The van der Waals surface area contributed by atoms with Crippen LogP contribution in [0.5, 0.6) is 5.75 Å². The van der Waals surface area contributed by atoms with Gasteiger partial charge in [-0.25, -0.2) is 0 Å². The summed E-state index contributed by atoms with van der Waals surface area (Å²) >= 11 is 3.33. The molecule has 5 heteroatoms. The van der Waals surface area contributed by atoms with Gasteiger partial charge in [0.2, 0.25) is 0 Å². The molecule has 0 fully saturated rings. The molecule has 0 amide bonds. The Morgan fingerprint density at radius 2 is 1.95 bits per heavy atom.